The number of ether oxygens (including phenoxy) is 1. The molecular weight excluding hydrogens is 519 g/mol. The summed E-state index contributed by atoms with van der Waals surface area (Å²) in [7, 11) is 0. The van der Waals surface area contributed by atoms with Crippen LogP contribution in [-0.4, -0.2) is 32.2 Å². The molecule has 0 amide bonds. The van der Waals surface area contributed by atoms with Crippen LogP contribution >= 0.6 is 22.9 Å². The summed E-state index contributed by atoms with van der Waals surface area (Å²) in [6, 6.07) is 11.0. The van der Waals surface area contributed by atoms with Crippen molar-refractivity contribution in [2.75, 3.05) is 6.61 Å². The van der Waals surface area contributed by atoms with Gasteiger partial charge < -0.3 is 9.84 Å². The summed E-state index contributed by atoms with van der Waals surface area (Å²) in [4.78, 5) is 33.3. The molecular formula is C26H16ClFN4O4S. The van der Waals surface area contributed by atoms with E-state index in [1.54, 1.807) is 37.3 Å². The van der Waals surface area contributed by atoms with Gasteiger partial charge in [0.2, 0.25) is 0 Å². The van der Waals surface area contributed by atoms with E-state index >= 15 is 0 Å². The third kappa shape index (κ3) is 4.28. The van der Waals surface area contributed by atoms with E-state index in [2.05, 4.69) is 9.97 Å². The van der Waals surface area contributed by atoms with E-state index in [0.29, 0.717) is 37.9 Å². The Bertz CT molecular complexity index is 1830. The Morgan fingerprint density at radius 1 is 1.27 bits per heavy atom. The summed E-state index contributed by atoms with van der Waals surface area (Å²) < 4.78 is 22.2. The Labute approximate surface area is 217 Å². The van der Waals surface area contributed by atoms with E-state index in [1.165, 1.54) is 33.5 Å². The minimum absolute atomic E-state index is 0.0544. The monoisotopic (exact) mass is 534 g/mol. The number of aromatic carboxylic acids is 1. The summed E-state index contributed by atoms with van der Waals surface area (Å²) in [5.74, 6) is -0.994. The Kier molecular flexibility index (Phi) is 6.33. The molecule has 3 heterocycles. The van der Waals surface area contributed by atoms with Gasteiger partial charge in [-0.1, -0.05) is 11.6 Å². The van der Waals surface area contributed by atoms with Crippen molar-refractivity contribution in [2.24, 2.45) is 0 Å². The van der Waals surface area contributed by atoms with Gasteiger partial charge in [0.15, 0.2) is 0 Å². The molecule has 0 aliphatic heterocycles. The van der Waals surface area contributed by atoms with E-state index < -0.39 is 17.3 Å². The average molecular weight is 535 g/mol. The highest BCUT2D eigenvalue weighted by molar-refractivity contribution is 7.18. The number of nitrogens with zero attached hydrogens (tertiary/aromatic N) is 4. The predicted octanol–water partition coefficient (Wildman–Crippen LogP) is 5.42. The highest BCUT2D eigenvalue weighted by atomic mass is 35.5. The summed E-state index contributed by atoms with van der Waals surface area (Å²) in [6.45, 7) is 1.79. The van der Waals surface area contributed by atoms with Crippen molar-refractivity contribution in [2.45, 2.75) is 13.5 Å². The zero-order valence-corrected chi connectivity index (χ0v) is 20.7. The molecule has 2 aromatic carbocycles. The van der Waals surface area contributed by atoms with Gasteiger partial charge in [-0.3, -0.25) is 14.3 Å². The fourth-order valence-electron chi connectivity index (χ4n) is 4.15. The molecule has 37 heavy (non-hydrogen) atoms. The molecule has 1 N–H and O–H groups in total. The van der Waals surface area contributed by atoms with Gasteiger partial charge in [0, 0.05) is 27.7 Å². The lowest BCUT2D eigenvalue weighted by Gasteiger charge is -2.15. The van der Waals surface area contributed by atoms with Gasteiger partial charge in [-0.2, -0.15) is 5.26 Å². The molecule has 11 heteroatoms. The maximum Gasteiger partial charge on any atom is 0.338 e. The number of carbonyl (C=O) groups is 1. The SMILES string of the molecule is Cc1nc2ccc(F)c(C#N)c2c(=O)n1CCOc1ccc(Cl)cc1-c1ccnc2c(C(=O)O)csc12. The van der Waals surface area contributed by atoms with Gasteiger partial charge in [0.1, 0.15) is 35.6 Å². The second-order valence-corrected chi connectivity index (χ2v) is 9.34. The molecule has 3 aromatic heterocycles. The number of thiophene rings is 1. The van der Waals surface area contributed by atoms with Crippen LogP contribution in [0.4, 0.5) is 4.39 Å². The number of halogens is 2. The first-order valence-corrected chi connectivity index (χ1v) is 12.2. The molecule has 5 rings (SSSR count). The van der Waals surface area contributed by atoms with Crippen LogP contribution < -0.4 is 10.3 Å². The van der Waals surface area contributed by atoms with Crippen LogP contribution in [0.15, 0.2) is 52.8 Å². The maximum atomic E-state index is 14.1. The number of benzene rings is 2. The van der Waals surface area contributed by atoms with Gasteiger partial charge in [0.25, 0.3) is 5.56 Å². The highest BCUT2D eigenvalue weighted by Crippen LogP contribution is 2.39. The number of carboxylic acids is 1. The molecule has 5 aromatic rings. The number of aromatic nitrogens is 3. The lowest BCUT2D eigenvalue weighted by Crippen LogP contribution is -2.27. The van der Waals surface area contributed by atoms with Crippen LogP contribution in [0, 0.1) is 24.1 Å². The number of pyridine rings is 1. The van der Waals surface area contributed by atoms with Crippen molar-refractivity contribution < 1.29 is 19.0 Å². The van der Waals surface area contributed by atoms with E-state index in [1.807, 2.05) is 0 Å². The molecule has 0 spiro atoms. The first kappa shape index (κ1) is 24.4. The standard InChI is InChI=1S/C26H16ClFN4O4S/c1-13-31-20-4-3-19(28)17(11-29)22(20)25(33)32(13)8-9-36-21-5-2-14(27)10-16(21)15-6-7-30-23-18(26(34)35)12-37-24(15)23/h2-7,10,12H,8-9H2,1H3,(H,34,35). The van der Waals surface area contributed by atoms with Crippen molar-refractivity contribution >= 4 is 50.0 Å². The third-order valence-corrected chi connectivity index (χ3v) is 7.10. The zero-order chi connectivity index (χ0) is 26.3. The number of carboxylic acid groups (broad SMARTS) is 1. The fraction of sp³-hybridized carbons (Fsp3) is 0.115. The molecule has 0 bridgehead atoms. The van der Waals surface area contributed by atoms with Gasteiger partial charge in [-0.25, -0.2) is 14.2 Å². The minimum atomic E-state index is -1.07. The lowest BCUT2D eigenvalue weighted by atomic mass is 10.0. The number of hydrogen-bond donors (Lipinski definition) is 1. The summed E-state index contributed by atoms with van der Waals surface area (Å²) in [5, 5.41) is 20.7. The largest absolute Gasteiger partial charge is 0.491 e. The first-order valence-electron chi connectivity index (χ1n) is 10.9. The Morgan fingerprint density at radius 2 is 2.08 bits per heavy atom. The number of rotatable bonds is 6. The third-order valence-electron chi connectivity index (χ3n) is 5.87. The van der Waals surface area contributed by atoms with Crippen molar-refractivity contribution in [1.82, 2.24) is 14.5 Å². The molecule has 0 saturated heterocycles. The van der Waals surface area contributed by atoms with Crippen molar-refractivity contribution in [1.29, 1.82) is 5.26 Å². The van der Waals surface area contributed by atoms with Crippen molar-refractivity contribution in [3.8, 4) is 22.9 Å². The van der Waals surface area contributed by atoms with Gasteiger partial charge >= 0.3 is 5.97 Å². The van der Waals surface area contributed by atoms with Crippen LogP contribution in [-0.2, 0) is 6.54 Å². The molecule has 0 saturated carbocycles. The summed E-state index contributed by atoms with van der Waals surface area (Å²) in [5.41, 5.74) is 1.18. The van der Waals surface area contributed by atoms with Crippen LogP contribution in [0.2, 0.25) is 5.02 Å². The Morgan fingerprint density at radius 3 is 2.84 bits per heavy atom. The molecule has 184 valence electrons. The van der Waals surface area contributed by atoms with Gasteiger partial charge in [-0.05, 0) is 43.3 Å². The highest BCUT2D eigenvalue weighted by Gasteiger charge is 2.19. The minimum Gasteiger partial charge on any atom is -0.491 e. The zero-order valence-electron chi connectivity index (χ0n) is 19.2. The van der Waals surface area contributed by atoms with E-state index in [0.717, 1.165) is 6.07 Å². The number of nitriles is 1. The van der Waals surface area contributed by atoms with E-state index in [9.17, 15) is 24.3 Å². The maximum absolute atomic E-state index is 14.1. The van der Waals surface area contributed by atoms with Crippen LogP contribution in [0.3, 0.4) is 0 Å². The molecule has 0 radical (unpaired) electrons. The number of aryl methyl sites for hydroxylation is 1. The second kappa shape index (κ2) is 9.61. The lowest BCUT2D eigenvalue weighted by molar-refractivity contribution is 0.0699. The average Bonchev–Trinajstić information content (AvgIpc) is 3.32. The summed E-state index contributed by atoms with van der Waals surface area (Å²) >= 11 is 7.53. The fourth-order valence-corrected chi connectivity index (χ4v) is 5.35. The van der Waals surface area contributed by atoms with Gasteiger partial charge in [0.05, 0.1) is 33.2 Å². The van der Waals surface area contributed by atoms with E-state index in [-0.39, 0.29) is 35.2 Å². The van der Waals surface area contributed by atoms with Crippen LogP contribution in [0.5, 0.6) is 5.75 Å². The smallest absolute Gasteiger partial charge is 0.338 e. The van der Waals surface area contributed by atoms with Crippen molar-refractivity contribution in [3.05, 3.63) is 86.1 Å². The normalized spacial score (nSPS) is 11.1. The molecule has 0 unspecified atom stereocenters. The molecule has 8 nitrogen and oxygen atoms in total. The predicted molar refractivity (Wildman–Crippen MR) is 138 cm³/mol. The van der Waals surface area contributed by atoms with Crippen molar-refractivity contribution in [3.63, 3.8) is 0 Å². The Hall–Kier alpha value is -4.33. The van der Waals surface area contributed by atoms with Crippen LogP contribution in [0.25, 0.3) is 32.2 Å². The first-order chi connectivity index (χ1) is 17.8. The van der Waals surface area contributed by atoms with E-state index in [4.69, 9.17) is 16.3 Å². The topological polar surface area (TPSA) is 118 Å². The second-order valence-electron chi connectivity index (χ2n) is 8.02. The number of fused-ring (bicyclic) bond motifs is 2. The Balaban J connectivity index is 1.50. The molecule has 0 aliphatic rings. The molecule has 0 fully saturated rings. The number of hydrogen-bond acceptors (Lipinski definition) is 7. The quantitative estimate of drug-likeness (QED) is 0.309. The summed E-state index contributed by atoms with van der Waals surface area (Å²) in [6.07, 6.45) is 1.52. The van der Waals surface area contributed by atoms with Crippen LogP contribution in [0.1, 0.15) is 21.7 Å². The molecule has 0 aliphatic carbocycles. The van der Waals surface area contributed by atoms with Gasteiger partial charge in [-0.15, -0.1) is 11.3 Å². The molecule has 0 atom stereocenters.